The first-order chi connectivity index (χ1) is 39.8. The van der Waals surface area contributed by atoms with E-state index in [0.717, 1.165) is 101 Å². The second-order valence-corrected chi connectivity index (χ2v) is 26.8. The molecule has 0 atom stereocenters. The van der Waals surface area contributed by atoms with Crippen LogP contribution in [0.4, 0.5) is 0 Å². The fourth-order valence-corrected chi connectivity index (χ4v) is 11.2. The van der Waals surface area contributed by atoms with Crippen LogP contribution in [0.1, 0.15) is 405 Å². The Hall–Kier alpha value is -2.90. The first-order valence-corrected chi connectivity index (χ1v) is 35.7. The zero-order valence-electron chi connectivity index (χ0n) is 55.5. The Balaban J connectivity index is 2.99. The van der Waals surface area contributed by atoms with Crippen LogP contribution in [0.25, 0.3) is 0 Å². The molecule has 0 aromatic heterocycles. The third kappa shape index (κ3) is 47.4. The fourth-order valence-electron chi connectivity index (χ4n) is 11.2. The maximum atomic E-state index is 14.0. The van der Waals surface area contributed by atoms with Crippen molar-refractivity contribution in [1.29, 1.82) is 0 Å². The van der Waals surface area contributed by atoms with E-state index in [1.54, 1.807) is 0 Å². The maximum Gasteiger partial charge on any atom is 0.339 e. The van der Waals surface area contributed by atoms with Crippen LogP contribution in [0.5, 0.6) is 0 Å². The van der Waals surface area contributed by atoms with Crippen LogP contribution in [0, 0.1) is 23.7 Å². The van der Waals surface area contributed by atoms with Gasteiger partial charge in [0.05, 0.1) is 48.7 Å². The molecule has 0 spiro atoms. The topological polar surface area (TPSA) is 105 Å². The van der Waals surface area contributed by atoms with Crippen LogP contribution in [0.3, 0.4) is 0 Å². The van der Waals surface area contributed by atoms with E-state index in [1.807, 2.05) is 0 Å². The number of rotatable bonds is 60. The maximum absolute atomic E-state index is 14.0. The van der Waals surface area contributed by atoms with Gasteiger partial charge in [0.1, 0.15) is 0 Å². The predicted molar refractivity (Wildman–Crippen MR) is 349 cm³/mol. The first kappa shape index (κ1) is 77.1. The molecule has 1 aromatic rings. The lowest BCUT2D eigenvalue weighted by molar-refractivity contribution is 0.0434. The molecule has 8 nitrogen and oxygen atoms in total. The highest BCUT2D eigenvalue weighted by atomic mass is 16.5. The van der Waals surface area contributed by atoms with Crippen molar-refractivity contribution in [2.24, 2.45) is 23.7 Å². The Bertz CT molecular complexity index is 1410. The number of unbranched alkanes of at least 4 members (excludes halogenated alkanes) is 40. The van der Waals surface area contributed by atoms with Crippen molar-refractivity contribution in [1.82, 2.24) is 0 Å². The molecule has 0 radical (unpaired) electrons. The molecule has 0 fully saturated rings. The van der Waals surface area contributed by atoms with Crippen LogP contribution in [0.15, 0.2) is 12.1 Å². The van der Waals surface area contributed by atoms with Crippen molar-refractivity contribution < 1.29 is 38.1 Å². The van der Waals surface area contributed by atoms with E-state index in [2.05, 4.69) is 55.4 Å². The largest absolute Gasteiger partial charge is 0.462 e. The summed E-state index contributed by atoms with van der Waals surface area (Å²) < 4.78 is 23.3. The zero-order chi connectivity index (χ0) is 59.9. The van der Waals surface area contributed by atoms with Crippen LogP contribution in [-0.4, -0.2) is 50.3 Å². The van der Waals surface area contributed by atoms with E-state index in [9.17, 15) is 19.2 Å². The Kier molecular flexibility index (Phi) is 52.6. The minimum atomic E-state index is -0.711. The molecule has 0 amide bonds. The van der Waals surface area contributed by atoms with Gasteiger partial charge in [0.25, 0.3) is 0 Å². The summed E-state index contributed by atoms with van der Waals surface area (Å²) in [5.74, 6) is 0.349. The molecular formula is C74H134O8. The van der Waals surface area contributed by atoms with E-state index in [0.29, 0.717) is 25.7 Å². The van der Waals surface area contributed by atoms with Crippen molar-refractivity contribution in [3.8, 4) is 0 Å². The third-order valence-corrected chi connectivity index (χ3v) is 16.7. The second-order valence-electron chi connectivity index (χ2n) is 26.8. The predicted octanol–water partition coefficient (Wildman–Crippen LogP) is 23.7. The van der Waals surface area contributed by atoms with Crippen molar-refractivity contribution in [2.45, 2.75) is 364 Å². The molecule has 1 rings (SSSR count). The first-order valence-electron chi connectivity index (χ1n) is 35.7. The van der Waals surface area contributed by atoms with Crippen LogP contribution in [-0.2, 0) is 18.9 Å². The molecule has 8 heteroatoms. The lowest BCUT2D eigenvalue weighted by atomic mass is 9.97. The summed E-state index contributed by atoms with van der Waals surface area (Å²) in [6.07, 6.45) is 57.4. The number of carbonyl (C=O) groups excluding carboxylic acids is 4. The quantitative estimate of drug-likeness (QED) is 0.0361. The van der Waals surface area contributed by atoms with Crippen molar-refractivity contribution >= 4 is 23.9 Å². The molecule has 0 aliphatic heterocycles. The van der Waals surface area contributed by atoms with Crippen LogP contribution in [0.2, 0.25) is 0 Å². The molecule has 0 aliphatic carbocycles. The van der Waals surface area contributed by atoms with Gasteiger partial charge in [0.15, 0.2) is 0 Å². The Morgan fingerprint density at radius 1 is 0.220 bits per heavy atom. The van der Waals surface area contributed by atoms with Gasteiger partial charge in [-0.25, -0.2) is 19.2 Å². The standard InChI is InChI=1S/C74H134O8/c1-63(2)53-45-37-29-21-13-9-17-25-33-41-49-57-79-71(75)67-61-69(73(77)81-59-51-43-35-27-19-11-15-23-31-39-47-55-65(5)6)70(74(78)82-60-52-44-36-28-20-12-16-24-32-40-48-56-66(7)8)62-68(67)72(76)80-58-50-42-34-26-18-10-14-22-30-38-46-54-64(3)4/h61-66H,9-60H2,1-8H3. The summed E-state index contributed by atoms with van der Waals surface area (Å²) in [5, 5.41) is 0. The Morgan fingerprint density at radius 2 is 0.341 bits per heavy atom. The molecule has 1 aromatic carbocycles. The van der Waals surface area contributed by atoms with Gasteiger partial charge in [-0.1, -0.05) is 338 Å². The molecule has 0 N–H and O–H groups in total. The van der Waals surface area contributed by atoms with Crippen LogP contribution < -0.4 is 0 Å². The third-order valence-electron chi connectivity index (χ3n) is 16.7. The van der Waals surface area contributed by atoms with Crippen molar-refractivity contribution in [3.05, 3.63) is 34.4 Å². The average molecular weight is 1150 g/mol. The summed E-state index contributed by atoms with van der Waals surface area (Å²) >= 11 is 0. The van der Waals surface area contributed by atoms with Gasteiger partial charge < -0.3 is 18.9 Å². The molecule has 0 saturated heterocycles. The van der Waals surface area contributed by atoms with E-state index in [-0.39, 0.29) is 48.7 Å². The zero-order valence-corrected chi connectivity index (χ0v) is 55.5. The van der Waals surface area contributed by atoms with Gasteiger partial charge in [-0.15, -0.1) is 0 Å². The van der Waals surface area contributed by atoms with Crippen LogP contribution >= 0.6 is 0 Å². The monoisotopic (exact) mass is 1150 g/mol. The van der Waals surface area contributed by atoms with E-state index in [4.69, 9.17) is 18.9 Å². The second kappa shape index (κ2) is 55.9. The highest BCUT2D eigenvalue weighted by Crippen LogP contribution is 2.25. The summed E-state index contributed by atoms with van der Waals surface area (Å²) in [7, 11) is 0. The average Bonchev–Trinajstić information content (AvgIpc) is 3.65. The normalized spacial score (nSPS) is 11.7. The Labute approximate surface area is 507 Å². The minimum Gasteiger partial charge on any atom is -0.462 e. The molecule has 0 bridgehead atoms. The number of carbonyl (C=O) groups is 4. The van der Waals surface area contributed by atoms with Gasteiger partial charge in [0, 0.05) is 0 Å². The van der Waals surface area contributed by atoms with E-state index >= 15 is 0 Å². The van der Waals surface area contributed by atoms with E-state index < -0.39 is 23.9 Å². The number of hydrogen-bond acceptors (Lipinski definition) is 8. The SMILES string of the molecule is CC(C)CCCCCCCCCCCCCOC(=O)c1cc(C(=O)OCCCCCCCCCCCCCC(C)C)c(C(=O)OCCCCCCCCCCCCCC(C)C)cc1C(=O)OCCCCCCCCCCCCCC(C)C. The fraction of sp³-hybridized carbons (Fsp3) is 0.865. The van der Waals surface area contributed by atoms with Gasteiger partial charge in [0.2, 0.25) is 0 Å². The smallest absolute Gasteiger partial charge is 0.339 e. The van der Waals surface area contributed by atoms with Gasteiger partial charge >= 0.3 is 23.9 Å². The lowest BCUT2D eigenvalue weighted by Gasteiger charge is -2.15. The van der Waals surface area contributed by atoms with Gasteiger partial charge in [-0.05, 0) is 61.5 Å². The van der Waals surface area contributed by atoms with Crippen molar-refractivity contribution in [3.63, 3.8) is 0 Å². The number of ether oxygens (including phenoxy) is 4. The minimum absolute atomic E-state index is 0.0840. The molecule has 0 unspecified atom stereocenters. The summed E-state index contributed by atoms with van der Waals surface area (Å²) in [4.78, 5) is 56.0. The number of benzene rings is 1. The summed E-state index contributed by atoms with van der Waals surface area (Å²) in [6.45, 7) is 19.2. The molecule has 0 aliphatic rings. The summed E-state index contributed by atoms with van der Waals surface area (Å²) in [5.41, 5.74) is -0.336. The number of hydrogen-bond donors (Lipinski definition) is 0. The molecule has 82 heavy (non-hydrogen) atoms. The van der Waals surface area contributed by atoms with Gasteiger partial charge in [-0.2, -0.15) is 0 Å². The highest BCUT2D eigenvalue weighted by molar-refractivity contribution is 6.10. The van der Waals surface area contributed by atoms with Gasteiger partial charge in [-0.3, -0.25) is 0 Å². The Morgan fingerprint density at radius 3 is 0.476 bits per heavy atom. The van der Waals surface area contributed by atoms with E-state index in [1.165, 1.54) is 218 Å². The lowest BCUT2D eigenvalue weighted by Crippen LogP contribution is -2.21. The van der Waals surface area contributed by atoms with Crippen molar-refractivity contribution in [2.75, 3.05) is 26.4 Å². The molecular weight excluding hydrogens is 1020 g/mol. The molecule has 0 heterocycles. The summed E-state index contributed by atoms with van der Waals surface area (Å²) in [6, 6.07) is 2.65. The highest BCUT2D eigenvalue weighted by Gasteiger charge is 2.29. The number of esters is 4. The molecule has 478 valence electrons. The molecule has 0 saturated carbocycles.